The van der Waals surface area contributed by atoms with Crippen molar-refractivity contribution in [1.82, 2.24) is 0 Å². The van der Waals surface area contributed by atoms with Crippen LogP contribution in [0.25, 0.3) is 6.08 Å². The van der Waals surface area contributed by atoms with Crippen LogP contribution in [-0.4, -0.2) is 20.1 Å². The van der Waals surface area contributed by atoms with Crippen molar-refractivity contribution in [3.63, 3.8) is 0 Å². The van der Waals surface area contributed by atoms with Gasteiger partial charge in [0.1, 0.15) is 23.9 Å². The van der Waals surface area contributed by atoms with Crippen LogP contribution in [0.3, 0.4) is 0 Å². The average Bonchev–Trinajstić information content (AvgIpc) is 2.77. The summed E-state index contributed by atoms with van der Waals surface area (Å²) in [6, 6.07) is 22.8. The third-order valence-electron chi connectivity index (χ3n) is 4.22. The van der Waals surface area contributed by atoms with Gasteiger partial charge in [-0.15, -0.1) is 0 Å². The maximum Gasteiger partial charge on any atom is 0.248 e. The number of carbonyl (C=O) groups excluding carboxylic acids is 1. The predicted molar refractivity (Wildman–Crippen MR) is 114 cm³/mol. The summed E-state index contributed by atoms with van der Waals surface area (Å²) >= 11 is 0. The Hall–Kier alpha value is -3.73. The standard InChI is InChI=1S/C24H23NO4/c1-27-21-13-14-23(28-2)22(16-21)25-24(26)15-10-18-8-11-20(12-9-18)29-17-19-6-4-3-5-7-19/h3-16H,17H2,1-2H3,(H,25,26). The Labute approximate surface area is 170 Å². The van der Waals surface area contributed by atoms with Gasteiger partial charge in [0.2, 0.25) is 5.91 Å². The van der Waals surface area contributed by atoms with Crippen molar-refractivity contribution in [3.05, 3.63) is 90.0 Å². The second-order valence-corrected chi connectivity index (χ2v) is 6.23. The van der Waals surface area contributed by atoms with Gasteiger partial charge in [-0.25, -0.2) is 0 Å². The first-order valence-electron chi connectivity index (χ1n) is 9.16. The summed E-state index contributed by atoms with van der Waals surface area (Å²) in [6.07, 6.45) is 3.21. The third-order valence-corrected chi connectivity index (χ3v) is 4.22. The molecule has 0 atom stereocenters. The Balaban J connectivity index is 1.57. The zero-order valence-electron chi connectivity index (χ0n) is 16.4. The van der Waals surface area contributed by atoms with Crippen molar-refractivity contribution in [2.45, 2.75) is 6.61 Å². The van der Waals surface area contributed by atoms with Crippen molar-refractivity contribution in [3.8, 4) is 17.2 Å². The molecule has 5 nitrogen and oxygen atoms in total. The van der Waals surface area contributed by atoms with Crippen LogP contribution in [0.2, 0.25) is 0 Å². The number of ether oxygens (including phenoxy) is 3. The molecule has 1 N–H and O–H groups in total. The highest BCUT2D eigenvalue weighted by molar-refractivity contribution is 6.02. The number of benzene rings is 3. The molecule has 0 fully saturated rings. The first-order valence-corrected chi connectivity index (χ1v) is 9.16. The average molecular weight is 389 g/mol. The summed E-state index contributed by atoms with van der Waals surface area (Å²) in [4.78, 5) is 12.3. The maximum atomic E-state index is 12.3. The smallest absolute Gasteiger partial charge is 0.248 e. The van der Waals surface area contributed by atoms with Crippen molar-refractivity contribution in [2.24, 2.45) is 0 Å². The molecule has 29 heavy (non-hydrogen) atoms. The van der Waals surface area contributed by atoms with Crippen LogP contribution in [0.15, 0.2) is 78.9 Å². The second kappa shape index (κ2) is 9.99. The van der Waals surface area contributed by atoms with Gasteiger partial charge in [-0.3, -0.25) is 4.79 Å². The van der Waals surface area contributed by atoms with Gasteiger partial charge in [0, 0.05) is 12.1 Å². The molecule has 0 aliphatic rings. The normalized spacial score (nSPS) is 10.6. The summed E-state index contributed by atoms with van der Waals surface area (Å²) in [5, 5.41) is 2.80. The van der Waals surface area contributed by atoms with E-state index in [1.165, 1.54) is 6.08 Å². The van der Waals surface area contributed by atoms with Gasteiger partial charge in [0.15, 0.2) is 0 Å². The summed E-state index contributed by atoms with van der Waals surface area (Å²) in [7, 11) is 3.12. The van der Waals surface area contributed by atoms with Crippen LogP contribution in [0.4, 0.5) is 5.69 Å². The molecule has 0 unspecified atom stereocenters. The number of nitrogens with one attached hydrogen (secondary N) is 1. The number of rotatable bonds is 8. The van der Waals surface area contributed by atoms with Crippen LogP contribution in [0, 0.1) is 0 Å². The quantitative estimate of drug-likeness (QED) is 0.555. The molecule has 3 aromatic carbocycles. The number of amides is 1. The summed E-state index contributed by atoms with van der Waals surface area (Å²) < 4.78 is 16.2. The molecule has 0 heterocycles. The predicted octanol–water partition coefficient (Wildman–Crippen LogP) is 4.93. The molecule has 0 aliphatic heterocycles. The lowest BCUT2D eigenvalue weighted by Gasteiger charge is -2.10. The Morgan fingerprint density at radius 1 is 0.897 bits per heavy atom. The van der Waals surface area contributed by atoms with Crippen LogP contribution in [-0.2, 0) is 11.4 Å². The molecule has 148 valence electrons. The van der Waals surface area contributed by atoms with Gasteiger partial charge in [0.25, 0.3) is 0 Å². The lowest BCUT2D eigenvalue weighted by molar-refractivity contribution is -0.111. The Bertz CT molecular complexity index is 966. The maximum absolute atomic E-state index is 12.3. The molecule has 0 saturated carbocycles. The van der Waals surface area contributed by atoms with E-state index in [0.29, 0.717) is 23.8 Å². The van der Waals surface area contributed by atoms with E-state index in [9.17, 15) is 4.79 Å². The summed E-state index contributed by atoms with van der Waals surface area (Å²) in [5.41, 5.74) is 2.55. The molecule has 0 aliphatic carbocycles. The highest BCUT2D eigenvalue weighted by Crippen LogP contribution is 2.28. The van der Waals surface area contributed by atoms with Crippen LogP contribution in [0.1, 0.15) is 11.1 Å². The molecular formula is C24H23NO4. The van der Waals surface area contributed by atoms with E-state index in [1.807, 2.05) is 54.6 Å². The van der Waals surface area contributed by atoms with Gasteiger partial charge in [-0.05, 0) is 41.5 Å². The second-order valence-electron chi connectivity index (χ2n) is 6.23. The number of hydrogen-bond acceptors (Lipinski definition) is 4. The Morgan fingerprint density at radius 3 is 2.31 bits per heavy atom. The van der Waals surface area contributed by atoms with E-state index < -0.39 is 0 Å². The van der Waals surface area contributed by atoms with Crippen LogP contribution < -0.4 is 19.5 Å². The monoisotopic (exact) mass is 389 g/mol. The van der Waals surface area contributed by atoms with Crippen molar-refractivity contribution >= 4 is 17.7 Å². The first kappa shape index (κ1) is 20.0. The van der Waals surface area contributed by atoms with Gasteiger partial charge in [-0.1, -0.05) is 42.5 Å². The topological polar surface area (TPSA) is 56.8 Å². The summed E-state index contributed by atoms with van der Waals surface area (Å²) in [6.45, 7) is 0.515. The zero-order chi connectivity index (χ0) is 20.5. The highest BCUT2D eigenvalue weighted by atomic mass is 16.5. The molecular weight excluding hydrogens is 366 g/mol. The highest BCUT2D eigenvalue weighted by Gasteiger charge is 2.07. The molecule has 0 aromatic heterocycles. The van der Waals surface area contributed by atoms with Gasteiger partial charge >= 0.3 is 0 Å². The zero-order valence-corrected chi connectivity index (χ0v) is 16.4. The van der Waals surface area contributed by atoms with E-state index in [4.69, 9.17) is 14.2 Å². The molecule has 1 amide bonds. The minimum Gasteiger partial charge on any atom is -0.497 e. The molecule has 0 spiro atoms. The fourth-order valence-corrected chi connectivity index (χ4v) is 2.67. The summed E-state index contributed by atoms with van der Waals surface area (Å²) in [5.74, 6) is 1.71. The Kier molecular flexibility index (Phi) is 6.90. The van der Waals surface area contributed by atoms with E-state index in [-0.39, 0.29) is 5.91 Å². The van der Waals surface area contributed by atoms with E-state index in [1.54, 1.807) is 38.5 Å². The van der Waals surface area contributed by atoms with Crippen molar-refractivity contribution < 1.29 is 19.0 Å². The number of anilines is 1. The molecule has 0 bridgehead atoms. The van der Waals surface area contributed by atoms with Gasteiger partial charge in [-0.2, -0.15) is 0 Å². The van der Waals surface area contributed by atoms with E-state index in [0.717, 1.165) is 16.9 Å². The van der Waals surface area contributed by atoms with Gasteiger partial charge < -0.3 is 19.5 Å². The molecule has 5 heteroatoms. The van der Waals surface area contributed by atoms with Crippen LogP contribution in [0.5, 0.6) is 17.2 Å². The van der Waals surface area contributed by atoms with Crippen molar-refractivity contribution in [1.29, 1.82) is 0 Å². The Morgan fingerprint density at radius 2 is 1.62 bits per heavy atom. The van der Waals surface area contributed by atoms with E-state index >= 15 is 0 Å². The molecule has 0 saturated heterocycles. The lowest BCUT2D eigenvalue weighted by Crippen LogP contribution is -2.09. The van der Waals surface area contributed by atoms with Gasteiger partial charge in [0.05, 0.1) is 19.9 Å². The number of carbonyl (C=O) groups is 1. The molecule has 3 aromatic rings. The third kappa shape index (κ3) is 5.87. The number of hydrogen-bond donors (Lipinski definition) is 1. The molecule has 0 radical (unpaired) electrons. The molecule has 3 rings (SSSR count). The largest absolute Gasteiger partial charge is 0.497 e. The SMILES string of the molecule is COc1ccc(OC)c(NC(=O)C=Cc2ccc(OCc3ccccc3)cc2)c1. The lowest BCUT2D eigenvalue weighted by atomic mass is 10.2. The minimum atomic E-state index is -0.263. The minimum absolute atomic E-state index is 0.263. The fourth-order valence-electron chi connectivity index (χ4n) is 2.67. The van der Waals surface area contributed by atoms with Crippen LogP contribution >= 0.6 is 0 Å². The number of methoxy groups -OCH3 is 2. The fraction of sp³-hybridized carbons (Fsp3) is 0.125. The van der Waals surface area contributed by atoms with E-state index in [2.05, 4.69) is 5.32 Å². The van der Waals surface area contributed by atoms with Crippen molar-refractivity contribution in [2.75, 3.05) is 19.5 Å². The first-order chi connectivity index (χ1) is 14.2.